The zero-order chi connectivity index (χ0) is 24.0. The van der Waals surface area contributed by atoms with Crippen LogP contribution in [0.5, 0.6) is 17.2 Å². The third-order valence-corrected chi connectivity index (χ3v) is 8.84. The van der Waals surface area contributed by atoms with Crippen LogP contribution in [0.3, 0.4) is 0 Å². The first-order valence-corrected chi connectivity index (χ1v) is 12.2. The molecule has 2 aliphatic heterocycles. The van der Waals surface area contributed by atoms with E-state index in [2.05, 4.69) is 43.1 Å². The highest BCUT2D eigenvalue weighted by molar-refractivity contribution is 5.91. The Kier molecular flexibility index (Phi) is 5.96. The summed E-state index contributed by atoms with van der Waals surface area (Å²) < 4.78 is 22.0. The van der Waals surface area contributed by atoms with Crippen LogP contribution in [0.25, 0.3) is 0 Å². The predicted octanol–water partition coefficient (Wildman–Crippen LogP) is 4.48. The van der Waals surface area contributed by atoms with Crippen molar-refractivity contribution in [2.45, 2.75) is 50.1 Å². The van der Waals surface area contributed by atoms with Crippen molar-refractivity contribution in [2.75, 3.05) is 35.0 Å². The van der Waals surface area contributed by atoms with E-state index in [1.807, 2.05) is 0 Å². The highest BCUT2D eigenvalue weighted by atomic mass is 16.5. The molecule has 2 aliphatic carbocycles. The number of hydrogen-bond acceptors (Lipinski definition) is 6. The van der Waals surface area contributed by atoms with Gasteiger partial charge in [0.2, 0.25) is 5.75 Å². The highest BCUT2D eigenvalue weighted by Crippen LogP contribution is 2.59. The maximum Gasteiger partial charge on any atom is 0.338 e. The molecule has 5 atom stereocenters. The predicted molar refractivity (Wildman–Crippen MR) is 130 cm³/mol. The third-order valence-electron chi connectivity index (χ3n) is 8.84. The quantitative estimate of drug-likeness (QED) is 0.562. The molecule has 2 saturated heterocycles. The molecule has 2 heterocycles. The second-order valence-electron chi connectivity index (χ2n) is 9.99. The molecule has 2 aromatic rings. The molecule has 34 heavy (non-hydrogen) atoms. The average Bonchev–Trinajstić information content (AvgIpc) is 2.88. The second kappa shape index (κ2) is 8.81. The van der Waals surface area contributed by atoms with Crippen LogP contribution in [0.15, 0.2) is 36.4 Å². The van der Waals surface area contributed by atoms with Gasteiger partial charge in [0.15, 0.2) is 11.5 Å². The lowest BCUT2D eigenvalue weighted by atomic mass is 9.48. The standard InChI is InChI=1S/C28H35NO5/c1-6-28-15-23-19(11-21(28)22(29(23)2)12-17-9-7-8-10-20(17)28)16-34-27(30)18-13-24(31-3)26(33-5)25(14-18)32-4/h7-10,13-14,19,21-23H,6,11-12,15-16H2,1-5H3/t19-,21?,22?,23?,28+/m1/s1. The van der Waals surface area contributed by atoms with Gasteiger partial charge in [-0.1, -0.05) is 31.2 Å². The lowest BCUT2D eigenvalue weighted by Gasteiger charge is -2.65. The van der Waals surface area contributed by atoms with E-state index in [4.69, 9.17) is 18.9 Å². The van der Waals surface area contributed by atoms with Crippen LogP contribution in [0, 0.1) is 11.8 Å². The van der Waals surface area contributed by atoms with Crippen molar-refractivity contribution in [3.05, 3.63) is 53.1 Å². The number of fused-ring (bicyclic) bond motifs is 2. The minimum Gasteiger partial charge on any atom is -0.493 e. The molecule has 0 amide bonds. The van der Waals surface area contributed by atoms with E-state index in [0.717, 1.165) is 25.7 Å². The fraction of sp³-hybridized carbons (Fsp3) is 0.536. The molecule has 2 aromatic carbocycles. The molecule has 6 rings (SSSR count). The Morgan fingerprint density at radius 1 is 1.06 bits per heavy atom. The number of nitrogens with zero attached hydrogens (tertiary/aromatic N) is 1. The van der Waals surface area contributed by atoms with Gasteiger partial charge < -0.3 is 18.9 Å². The molecular weight excluding hydrogens is 430 g/mol. The summed E-state index contributed by atoms with van der Waals surface area (Å²) in [6, 6.07) is 13.3. The Labute approximate surface area is 202 Å². The smallest absolute Gasteiger partial charge is 0.338 e. The van der Waals surface area contributed by atoms with Crippen LogP contribution >= 0.6 is 0 Å². The third kappa shape index (κ3) is 3.37. The van der Waals surface area contributed by atoms with Gasteiger partial charge in [-0.15, -0.1) is 0 Å². The fourth-order valence-corrected chi connectivity index (χ4v) is 7.18. The second-order valence-corrected chi connectivity index (χ2v) is 9.99. The van der Waals surface area contributed by atoms with Crippen LogP contribution in [0.2, 0.25) is 0 Å². The monoisotopic (exact) mass is 465 g/mol. The summed E-state index contributed by atoms with van der Waals surface area (Å²) in [5.74, 6) is 1.92. The first kappa shape index (κ1) is 23.0. The minimum atomic E-state index is -0.362. The molecule has 0 spiro atoms. The minimum absolute atomic E-state index is 0.244. The molecule has 182 valence electrons. The number of carbonyl (C=O) groups excluding carboxylic acids is 1. The summed E-state index contributed by atoms with van der Waals surface area (Å²) in [6.45, 7) is 2.77. The highest BCUT2D eigenvalue weighted by Gasteiger charge is 2.59. The summed E-state index contributed by atoms with van der Waals surface area (Å²) in [5.41, 5.74) is 3.72. The number of piperidine rings is 2. The molecule has 6 nitrogen and oxygen atoms in total. The van der Waals surface area contributed by atoms with Crippen molar-refractivity contribution in [3.8, 4) is 17.2 Å². The van der Waals surface area contributed by atoms with Crippen LogP contribution in [-0.2, 0) is 16.6 Å². The zero-order valence-corrected chi connectivity index (χ0v) is 20.8. The molecule has 4 aliphatic rings. The van der Waals surface area contributed by atoms with Gasteiger partial charge in [-0.05, 0) is 61.9 Å². The lowest BCUT2D eigenvalue weighted by molar-refractivity contribution is -0.107. The molecule has 6 heteroatoms. The van der Waals surface area contributed by atoms with Gasteiger partial charge >= 0.3 is 5.97 Å². The Hall–Kier alpha value is -2.73. The summed E-state index contributed by atoms with van der Waals surface area (Å²) >= 11 is 0. The van der Waals surface area contributed by atoms with E-state index < -0.39 is 0 Å². The number of benzene rings is 2. The number of methoxy groups -OCH3 is 3. The van der Waals surface area contributed by atoms with Crippen LogP contribution < -0.4 is 14.2 Å². The maximum absolute atomic E-state index is 13.0. The van der Waals surface area contributed by atoms with Crippen molar-refractivity contribution < 1.29 is 23.7 Å². The van der Waals surface area contributed by atoms with Crippen LogP contribution in [0.4, 0.5) is 0 Å². The SMILES string of the molecule is CC[C@@]12CC3[C@@H](COC(=O)c4cc(OC)c(OC)c(OC)c4)CC1C(Cc1ccccc12)N3C. The normalized spacial score (nSPS) is 29.3. The topological polar surface area (TPSA) is 57.2 Å². The summed E-state index contributed by atoms with van der Waals surface area (Å²) in [6.07, 6.45) is 4.51. The van der Waals surface area contributed by atoms with E-state index in [1.54, 1.807) is 39.0 Å². The lowest BCUT2D eigenvalue weighted by Crippen LogP contribution is -2.68. The molecule has 0 radical (unpaired) electrons. The molecule has 0 N–H and O–H groups in total. The van der Waals surface area contributed by atoms with Gasteiger partial charge in [-0.25, -0.2) is 4.79 Å². The van der Waals surface area contributed by atoms with Crippen molar-refractivity contribution in [2.24, 2.45) is 11.8 Å². The van der Waals surface area contributed by atoms with E-state index in [-0.39, 0.29) is 11.4 Å². The van der Waals surface area contributed by atoms with E-state index in [9.17, 15) is 4.79 Å². The number of hydrogen-bond donors (Lipinski definition) is 0. The van der Waals surface area contributed by atoms with Gasteiger partial charge in [-0.2, -0.15) is 0 Å². The number of ether oxygens (including phenoxy) is 4. The first-order valence-electron chi connectivity index (χ1n) is 12.2. The Morgan fingerprint density at radius 3 is 2.41 bits per heavy atom. The van der Waals surface area contributed by atoms with Crippen LogP contribution in [0.1, 0.15) is 47.7 Å². The number of likely N-dealkylation sites (N-methyl/N-ethyl adjacent to an activating group) is 1. The Morgan fingerprint density at radius 2 is 1.76 bits per heavy atom. The zero-order valence-electron chi connectivity index (χ0n) is 20.8. The first-order chi connectivity index (χ1) is 16.5. The molecule has 3 unspecified atom stereocenters. The van der Waals surface area contributed by atoms with Crippen molar-refractivity contribution in [3.63, 3.8) is 0 Å². The van der Waals surface area contributed by atoms with Crippen molar-refractivity contribution in [1.82, 2.24) is 4.90 Å². The summed E-state index contributed by atoms with van der Waals surface area (Å²) in [4.78, 5) is 15.6. The van der Waals surface area contributed by atoms with Gasteiger partial charge in [0.05, 0.1) is 33.5 Å². The largest absolute Gasteiger partial charge is 0.493 e. The average molecular weight is 466 g/mol. The van der Waals surface area contributed by atoms with Crippen LogP contribution in [-0.4, -0.2) is 57.9 Å². The maximum atomic E-state index is 13.0. The molecule has 1 saturated carbocycles. The molecule has 3 fully saturated rings. The molecule has 0 aromatic heterocycles. The number of esters is 1. The van der Waals surface area contributed by atoms with Gasteiger partial charge in [-0.3, -0.25) is 4.90 Å². The van der Waals surface area contributed by atoms with E-state index >= 15 is 0 Å². The van der Waals surface area contributed by atoms with Gasteiger partial charge in [0.1, 0.15) is 0 Å². The molecule has 4 bridgehead atoms. The molecular formula is C28H35NO5. The van der Waals surface area contributed by atoms with Crippen molar-refractivity contribution in [1.29, 1.82) is 0 Å². The fourth-order valence-electron chi connectivity index (χ4n) is 7.18. The summed E-state index contributed by atoms with van der Waals surface area (Å²) in [5, 5.41) is 0. The Balaban J connectivity index is 1.34. The number of rotatable bonds is 7. The van der Waals surface area contributed by atoms with E-state index in [1.165, 1.54) is 5.56 Å². The summed E-state index contributed by atoms with van der Waals surface area (Å²) in [7, 11) is 6.89. The van der Waals surface area contributed by atoms with Gasteiger partial charge in [0, 0.05) is 23.4 Å². The van der Waals surface area contributed by atoms with Crippen molar-refractivity contribution >= 4 is 5.97 Å². The Bertz CT molecular complexity index is 1060. The number of carbonyl (C=O) groups is 1. The van der Waals surface area contributed by atoms with E-state index in [0.29, 0.717) is 53.3 Å². The van der Waals surface area contributed by atoms with Gasteiger partial charge in [0.25, 0.3) is 0 Å².